The normalized spacial score (nSPS) is 14.6. The Hall–Kier alpha value is -3.72. The van der Waals surface area contributed by atoms with Crippen LogP contribution in [0.15, 0.2) is 64.2 Å². The van der Waals surface area contributed by atoms with Gasteiger partial charge in [-0.15, -0.1) is 0 Å². The molecule has 0 amide bonds. The lowest BCUT2D eigenvalue weighted by molar-refractivity contribution is 0.253. The maximum atomic E-state index is 13.4. The summed E-state index contributed by atoms with van der Waals surface area (Å²) >= 11 is 0. The Morgan fingerprint density at radius 1 is 0.943 bits per heavy atom. The highest BCUT2D eigenvalue weighted by molar-refractivity contribution is 5.74. The molecule has 0 spiro atoms. The van der Waals surface area contributed by atoms with Crippen LogP contribution >= 0.6 is 0 Å². The zero-order valence-corrected chi connectivity index (χ0v) is 19.8. The fourth-order valence-electron chi connectivity index (χ4n) is 4.71. The second kappa shape index (κ2) is 9.87. The molecule has 0 unspecified atom stereocenters. The highest BCUT2D eigenvalue weighted by atomic mass is 19.1. The monoisotopic (exact) mass is 476 g/mol. The van der Waals surface area contributed by atoms with Gasteiger partial charge in [0.2, 0.25) is 5.95 Å². The molecule has 0 radical (unpaired) electrons. The fourth-order valence-corrected chi connectivity index (χ4v) is 4.71. The number of benzene rings is 2. The summed E-state index contributed by atoms with van der Waals surface area (Å²) in [5.74, 6) is 0.341. The van der Waals surface area contributed by atoms with Gasteiger partial charge in [0.25, 0.3) is 5.56 Å². The molecule has 0 bridgehead atoms. The largest absolute Gasteiger partial charge is 0.340 e. The lowest BCUT2D eigenvalue weighted by Crippen LogP contribution is -2.47. The van der Waals surface area contributed by atoms with E-state index in [1.54, 1.807) is 19.2 Å². The molecule has 5 rings (SSSR count). The van der Waals surface area contributed by atoms with E-state index in [1.807, 2.05) is 10.6 Å². The van der Waals surface area contributed by atoms with E-state index in [9.17, 15) is 14.0 Å². The lowest BCUT2D eigenvalue weighted by atomic mass is 10.1. The van der Waals surface area contributed by atoms with Crippen LogP contribution in [-0.2, 0) is 20.0 Å². The van der Waals surface area contributed by atoms with Gasteiger partial charge in [-0.3, -0.25) is 23.8 Å². The van der Waals surface area contributed by atoms with Gasteiger partial charge in [-0.25, -0.2) is 9.18 Å². The first-order chi connectivity index (χ1) is 17.0. The zero-order valence-electron chi connectivity index (χ0n) is 19.8. The number of anilines is 1. The SMILES string of the molecule is Cn1c(=O)[nH]c(=O)c2c1nc(N1CCN(CCCc3ccccc3)CC1)n2Cc1ccc(F)cc1. The second-order valence-electron chi connectivity index (χ2n) is 9.03. The zero-order chi connectivity index (χ0) is 24.4. The van der Waals surface area contributed by atoms with Crippen molar-refractivity contribution in [3.63, 3.8) is 0 Å². The highest BCUT2D eigenvalue weighted by Gasteiger charge is 2.25. The maximum absolute atomic E-state index is 13.4. The van der Waals surface area contributed by atoms with Crippen LogP contribution in [0.1, 0.15) is 17.5 Å². The van der Waals surface area contributed by atoms with Gasteiger partial charge in [0, 0.05) is 33.2 Å². The van der Waals surface area contributed by atoms with E-state index in [-0.39, 0.29) is 5.82 Å². The van der Waals surface area contributed by atoms with Crippen molar-refractivity contribution in [1.82, 2.24) is 24.0 Å². The van der Waals surface area contributed by atoms with Gasteiger partial charge in [0.15, 0.2) is 11.2 Å². The number of aromatic amines is 1. The smallest absolute Gasteiger partial charge is 0.329 e. The molecule has 1 fully saturated rings. The van der Waals surface area contributed by atoms with Gasteiger partial charge in [-0.05, 0) is 42.6 Å². The van der Waals surface area contributed by atoms with Crippen LogP contribution < -0.4 is 16.1 Å². The molecule has 9 heteroatoms. The molecule has 1 aliphatic rings. The molecule has 0 aliphatic carbocycles. The Balaban J connectivity index is 1.36. The summed E-state index contributed by atoms with van der Waals surface area (Å²) in [6.45, 7) is 4.70. The van der Waals surface area contributed by atoms with Crippen molar-refractivity contribution >= 4 is 17.1 Å². The molecule has 1 aliphatic heterocycles. The summed E-state index contributed by atoms with van der Waals surface area (Å²) in [6, 6.07) is 16.7. The quantitative estimate of drug-likeness (QED) is 0.443. The molecular formula is C26H29FN6O2. The Bertz CT molecular complexity index is 1420. The van der Waals surface area contributed by atoms with Gasteiger partial charge in [0.1, 0.15) is 5.82 Å². The number of imidazole rings is 1. The topological polar surface area (TPSA) is 79.2 Å². The molecule has 35 heavy (non-hydrogen) atoms. The van der Waals surface area contributed by atoms with Gasteiger partial charge in [-0.2, -0.15) is 4.98 Å². The van der Waals surface area contributed by atoms with E-state index >= 15 is 0 Å². The van der Waals surface area contributed by atoms with Crippen molar-refractivity contribution in [3.8, 4) is 0 Å². The van der Waals surface area contributed by atoms with Crippen LogP contribution in [0.5, 0.6) is 0 Å². The second-order valence-corrected chi connectivity index (χ2v) is 9.03. The predicted octanol–water partition coefficient (Wildman–Crippen LogP) is 2.37. The molecule has 0 saturated carbocycles. The molecule has 8 nitrogen and oxygen atoms in total. The Morgan fingerprint density at radius 2 is 1.66 bits per heavy atom. The van der Waals surface area contributed by atoms with Crippen LogP contribution in [0.2, 0.25) is 0 Å². The first-order valence-electron chi connectivity index (χ1n) is 11.9. The minimum Gasteiger partial charge on any atom is -0.340 e. The number of nitrogens with one attached hydrogen (secondary N) is 1. The number of halogens is 1. The van der Waals surface area contributed by atoms with Crippen LogP contribution in [0.25, 0.3) is 11.2 Å². The molecule has 3 heterocycles. The van der Waals surface area contributed by atoms with Crippen LogP contribution in [0, 0.1) is 5.82 Å². The van der Waals surface area contributed by atoms with Crippen molar-refractivity contribution in [2.24, 2.45) is 7.05 Å². The fraction of sp³-hybridized carbons (Fsp3) is 0.346. The van der Waals surface area contributed by atoms with Crippen LogP contribution in [-0.4, -0.2) is 56.7 Å². The van der Waals surface area contributed by atoms with E-state index in [0.717, 1.165) is 51.1 Å². The third kappa shape index (κ3) is 4.90. The molecule has 1 N–H and O–H groups in total. The highest BCUT2D eigenvalue weighted by Crippen LogP contribution is 2.23. The van der Waals surface area contributed by atoms with Gasteiger partial charge in [-0.1, -0.05) is 42.5 Å². The molecule has 2 aromatic heterocycles. The maximum Gasteiger partial charge on any atom is 0.329 e. The third-order valence-electron chi connectivity index (χ3n) is 6.68. The van der Waals surface area contributed by atoms with Crippen molar-refractivity contribution in [3.05, 3.63) is 92.4 Å². The van der Waals surface area contributed by atoms with Crippen molar-refractivity contribution in [2.45, 2.75) is 19.4 Å². The van der Waals surface area contributed by atoms with Crippen molar-refractivity contribution < 1.29 is 4.39 Å². The number of hydrogen-bond acceptors (Lipinski definition) is 5. The van der Waals surface area contributed by atoms with E-state index in [0.29, 0.717) is 23.7 Å². The average molecular weight is 477 g/mol. The number of piperazine rings is 1. The van der Waals surface area contributed by atoms with Gasteiger partial charge in [0.05, 0.1) is 6.54 Å². The molecular weight excluding hydrogens is 447 g/mol. The Morgan fingerprint density at radius 3 is 2.37 bits per heavy atom. The first-order valence-corrected chi connectivity index (χ1v) is 11.9. The van der Waals surface area contributed by atoms with E-state index in [2.05, 4.69) is 39.0 Å². The standard InChI is InChI=1S/C26H29FN6O2/c1-30-23-22(24(34)29-26(30)35)33(18-20-9-11-21(27)12-10-20)25(28-23)32-16-14-31(15-17-32)13-5-8-19-6-3-2-4-7-19/h2-4,6-7,9-12H,5,8,13-18H2,1H3,(H,29,34,35). The summed E-state index contributed by atoms with van der Waals surface area (Å²) in [4.78, 5) is 36.7. The number of nitrogens with zero attached hydrogens (tertiary/aromatic N) is 5. The predicted molar refractivity (Wildman–Crippen MR) is 135 cm³/mol. The summed E-state index contributed by atoms with van der Waals surface area (Å²) in [6.07, 6.45) is 2.16. The number of rotatable bonds is 7. The number of aryl methyl sites for hydroxylation is 2. The first kappa shape index (κ1) is 23.0. The van der Waals surface area contributed by atoms with Crippen molar-refractivity contribution in [1.29, 1.82) is 0 Å². The summed E-state index contributed by atoms with van der Waals surface area (Å²) < 4.78 is 16.6. The molecule has 0 atom stereocenters. The summed E-state index contributed by atoms with van der Waals surface area (Å²) in [7, 11) is 1.60. The number of aromatic nitrogens is 4. The van der Waals surface area contributed by atoms with Crippen molar-refractivity contribution in [2.75, 3.05) is 37.6 Å². The van der Waals surface area contributed by atoms with E-state index in [1.165, 1.54) is 22.3 Å². The van der Waals surface area contributed by atoms with E-state index in [4.69, 9.17) is 4.98 Å². The third-order valence-corrected chi connectivity index (χ3v) is 6.68. The molecule has 1 saturated heterocycles. The molecule has 2 aromatic carbocycles. The summed E-state index contributed by atoms with van der Waals surface area (Å²) in [5.41, 5.74) is 1.93. The minimum atomic E-state index is -0.497. The number of fused-ring (bicyclic) bond motifs is 1. The molecule has 182 valence electrons. The minimum absolute atomic E-state index is 0.312. The Kier molecular flexibility index (Phi) is 6.50. The van der Waals surface area contributed by atoms with Crippen LogP contribution in [0.3, 0.4) is 0 Å². The van der Waals surface area contributed by atoms with Gasteiger partial charge < -0.3 is 4.90 Å². The lowest BCUT2D eigenvalue weighted by Gasteiger charge is -2.35. The van der Waals surface area contributed by atoms with E-state index < -0.39 is 11.2 Å². The summed E-state index contributed by atoms with van der Waals surface area (Å²) in [5, 5.41) is 0. The molecule has 4 aromatic rings. The Labute approximate surface area is 202 Å². The number of hydrogen-bond donors (Lipinski definition) is 1. The number of H-pyrrole nitrogens is 1. The van der Waals surface area contributed by atoms with Crippen LogP contribution in [0.4, 0.5) is 10.3 Å². The average Bonchev–Trinajstić information content (AvgIpc) is 3.25. The van der Waals surface area contributed by atoms with Gasteiger partial charge >= 0.3 is 5.69 Å².